The molecule has 1 N–H and O–H groups in total. The average molecular weight is 383 g/mol. The fourth-order valence-corrected chi connectivity index (χ4v) is 3.49. The fourth-order valence-electron chi connectivity index (χ4n) is 3.49. The predicted octanol–water partition coefficient (Wildman–Crippen LogP) is 4.74. The molecule has 5 nitrogen and oxygen atoms in total. The Kier molecular flexibility index (Phi) is 4.37. The Morgan fingerprint density at radius 2 is 1.72 bits per heavy atom. The molecular weight excluding hydrogens is 365 g/mol. The highest BCUT2D eigenvalue weighted by Gasteiger charge is 2.15. The smallest absolute Gasteiger partial charge is 0.186 e. The molecule has 0 unspecified atom stereocenters. The van der Waals surface area contributed by atoms with Gasteiger partial charge in [0.05, 0.1) is 5.52 Å². The molecule has 0 saturated carbocycles. The lowest BCUT2D eigenvalue weighted by Crippen LogP contribution is -2.08. The minimum atomic E-state index is -0.314. The number of nitrogens with zero attached hydrogens (tertiary/aromatic N) is 4. The van der Waals surface area contributed by atoms with Crippen molar-refractivity contribution in [1.82, 2.24) is 19.8 Å². The van der Waals surface area contributed by atoms with Crippen LogP contribution in [0, 0.1) is 5.82 Å². The van der Waals surface area contributed by atoms with Gasteiger partial charge in [-0.3, -0.25) is 0 Å². The molecule has 0 fully saturated rings. The van der Waals surface area contributed by atoms with Crippen LogP contribution >= 0.6 is 0 Å². The Bertz CT molecular complexity index is 1300. The molecule has 0 bridgehead atoms. The van der Waals surface area contributed by atoms with Crippen LogP contribution in [0.4, 0.5) is 10.2 Å². The fraction of sp³-hybridized carbons (Fsp3) is 0.0870. The molecular formula is C23H18FN5. The number of halogens is 1. The van der Waals surface area contributed by atoms with Gasteiger partial charge in [0, 0.05) is 17.5 Å². The topological polar surface area (TPSA) is 55.1 Å². The summed E-state index contributed by atoms with van der Waals surface area (Å²) in [7, 11) is 0. The van der Waals surface area contributed by atoms with Crippen LogP contribution in [0.1, 0.15) is 5.56 Å². The zero-order valence-electron chi connectivity index (χ0n) is 15.6. The lowest BCUT2D eigenvalue weighted by molar-refractivity contribution is 0.628. The zero-order valence-corrected chi connectivity index (χ0v) is 15.6. The maximum absolute atomic E-state index is 13.7. The number of aromatic nitrogens is 4. The second-order valence-electron chi connectivity index (χ2n) is 6.82. The normalized spacial score (nSPS) is 11.2. The maximum Gasteiger partial charge on any atom is 0.186 e. The number of rotatable bonds is 5. The summed E-state index contributed by atoms with van der Waals surface area (Å²) in [5, 5.41) is 13.0. The van der Waals surface area contributed by atoms with Gasteiger partial charge in [0.25, 0.3) is 0 Å². The van der Waals surface area contributed by atoms with Gasteiger partial charge in [0.1, 0.15) is 17.3 Å². The minimum Gasteiger partial charge on any atom is -0.369 e. The number of benzene rings is 3. The quantitative estimate of drug-likeness (QED) is 0.476. The summed E-state index contributed by atoms with van der Waals surface area (Å²) < 4.78 is 15.4. The van der Waals surface area contributed by atoms with E-state index >= 15 is 0 Å². The molecule has 6 heteroatoms. The highest BCUT2D eigenvalue weighted by atomic mass is 19.1. The van der Waals surface area contributed by atoms with Crippen molar-refractivity contribution in [2.45, 2.75) is 6.42 Å². The van der Waals surface area contributed by atoms with E-state index in [1.165, 1.54) is 17.7 Å². The molecule has 0 radical (unpaired) electrons. The molecule has 0 aliphatic rings. The van der Waals surface area contributed by atoms with Crippen LogP contribution < -0.4 is 5.32 Å². The number of hydrogen-bond donors (Lipinski definition) is 1. The van der Waals surface area contributed by atoms with Crippen LogP contribution in [0.15, 0.2) is 78.9 Å². The summed E-state index contributed by atoms with van der Waals surface area (Å²) in [4.78, 5) is 4.80. The van der Waals surface area contributed by atoms with Crippen LogP contribution in [0.25, 0.3) is 27.8 Å². The predicted molar refractivity (Wildman–Crippen MR) is 112 cm³/mol. The Balaban J connectivity index is 1.57. The first-order chi connectivity index (χ1) is 14.3. The Labute approximate surface area is 166 Å². The van der Waals surface area contributed by atoms with E-state index in [-0.39, 0.29) is 5.82 Å². The molecule has 29 heavy (non-hydrogen) atoms. The van der Waals surface area contributed by atoms with Crippen molar-refractivity contribution in [2.24, 2.45) is 0 Å². The van der Waals surface area contributed by atoms with Crippen LogP contribution in [0.3, 0.4) is 0 Å². The van der Waals surface area contributed by atoms with Gasteiger partial charge in [0.2, 0.25) is 0 Å². The highest BCUT2D eigenvalue weighted by Crippen LogP contribution is 2.28. The van der Waals surface area contributed by atoms with E-state index in [4.69, 9.17) is 4.98 Å². The standard InChI is InChI=1S/C23H18FN5/c24-18-10-6-9-17(15-18)21-23-26-22(25-14-13-16-7-2-1-3-8-16)19-11-4-5-12-20(19)29(23)28-27-21/h1-12,15H,13-14H2,(H,25,26). The summed E-state index contributed by atoms with van der Waals surface area (Å²) >= 11 is 0. The average Bonchev–Trinajstić information content (AvgIpc) is 3.19. The Morgan fingerprint density at radius 3 is 2.59 bits per heavy atom. The SMILES string of the molecule is Fc1cccc(-c2nnn3c2nc(NCCc2ccccc2)c2ccccc23)c1. The zero-order chi connectivity index (χ0) is 19.6. The molecule has 0 atom stereocenters. The van der Waals surface area contributed by atoms with Gasteiger partial charge in [0.15, 0.2) is 5.65 Å². The van der Waals surface area contributed by atoms with Crippen LogP contribution in [-0.2, 0) is 6.42 Å². The van der Waals surface area contributed by atoms with Crippen molar-refractivity contribution in [1.29, 1.82) is 0 Å². The first-order valence-corrected chi connectivity index (χ1v) is 9.47. The molecule has 3 aromatic carbocycles. The van der Waals surface area contributed by atoms with Gasteiger partial charge in [-0.05, 0) is 36.2 Å². The summed E-state index contributed by atoms with van der Waals surface area (Å²) in [5.74, 6) is 0.453. The second kappa shape index (κ2) is 7.31. The molecule has 5 rings (SSSR count). The minimum absolute atomic E-state index is 0.314. The summed E-state index contributed by atoms with van der Waals surface area (Å²) in [6, 6.07) is 24.6. The third kappa shape index (κ3) is 3.29. The van der Waals surface area contributed by atoms with Crippen LogP contribution in [0.2, 0.25) is 0 Å². The van der Waals surface area contributed by atoms with Crippen LogP contribution in [0.5, 0.6) is 0 Å². The number of nitrogens with one attached hydrogen (secondary N) is 1. The Hall–Kier alpha value is -3.80. The number of para-hydroxylation sites is 1. The highest BCUT2D eigenvalue weighted by molar-refractivity contribution is 5.93. The summed E-state index contributed by atoms with van der Waals surface area (Å²) in [6.45, 7) is 0.744. The van der Waals surface area contributed by atoms with Gasteiger partial charge in [-0.1, -0.05) is 59.8 Å². The largest absolute Gasteiger partial charge is 0.369 e. The van der Waals surface area contributed by atoms with Crippen LogP contribution in [-0.4, -0.2) is 26.4 Å². The molecule has 0 spiro atoms. The molecule has 142 valence electrons. The molecule has 2 aromatic heterocycles. The van der Waals surface area contributed by atoms with Crippen molar-refractivity contribution in [3.8, 4) is 11.3 Å². The molecule has 0 aliphatic carbocycles. The van der Waals surface area contributed by atoms with Crippen molar-refractivity contribution < 1.29 is 4.39 Å². The number of fused-ring (bicyclic) bond motifs is 3. The van der Waals surface area contributed by atoms with Crippen molar-refractivity contribution in [2.75, 3.05) is 11.9 Å². The molecule has 5 aromatic rings. The monoisotopic (exact) mass is 383 g/mol. The first-order valence-electron chi connectivity index (χ1n) is 9.47. The summed E-state index contributed by atoms with van der Waals surface area (Å²) in [6.07, 6.45) is 0.885. The van der Waals surface area contributed by atoms with E-state index in [9.17, 15) is 4.39 Å². The van der Waals surface area contributed by atoms with Gasteiger partial charge in [-0.15, -0.1) is 5.10 Å². The van der Waals surface area contributed by atoms with Gasteiger partial charge in [-0.25, -0.2) is 9.37 Å². The number of hydrogen-bond acceptors (Lipinski definition) is 4. The number of anilines is 1. The van der Waals surface area contributed by atoms with E-state index in [0.717, 1.165) is 29.7 Å². The first kappa shape index (κ1) is 17.3. The van der Waals surface area contributed by atoms with E-state index in [1.807, 2.05) is 48.5 Å². The second-order valence-corrected chi connectivity index (χ2v) is 6.82. The lowest BCUT2D eigenvalue weighted by atomic mass is 10.1. The molecule has 0 saturated heterocycles. The van der Waals surface area contributed by atoms with E-state index in [1.54, 1.807) is 10.6 Å². The van der Waals surface area contributed by atoms with Crippen molar-refractivity contribution in [3.63, 3.8) is 0 Å². The Morgan fingerprint density at radius 1 is 0.897 bits per heavy atom. The molecule has 0 amide bonds. The van der Waals surface area contributed by atoms with Crippen molar-refractivity contribution in [3.05, 3.63) is 90.2 Å². The van der Waals surface area contributed by atoms with Gasteiger partial charge >= 0.3 is 0 Å². The summed E-state index contributed by atoms with van der Waals surface area (Å²) in [5.41, 5.74) is 3.96. The van der Waals surface area contributed by atoms with E-state index in [0.29, 0.717) is 16.9 Å². The molecule has 0 aliphatic heterocycles. The van der Waals surface area contributed by atoms with Crippen molar-refractivity contribution >= 4 is 22.4 Å². The van der Waals surface area contributed by atoms with E-state index < -0.39 is 0 Å². The van der Waals surface area contributed by atoms with Gasteiger partial charge < -0.3 is 5.32 Å². The van der Waals surface area contributed by atoms with Gasteiger partial charge in [-0.2, -0.15) is 4.52 Å². The third-order valence-corrected chi connectivity index (χ3v) is 4.90. The third-order valence-electron chi connectivity index (χ3n) is 4.90. The maximum atomic E-state index is 13.7. The van der Waals surface area contributed by atoms with E-state index in [2.05, 4.69) is 27.8 Å². The molecule has 2 heterocycles. The lowest BCUT2D eigenvalue weighted by Gasteiger charge is -2.10.